The van der Waals surface area contributed by atoms with Crippen LogP contribution in [0.25, 0.3) is 0 Å². The molecule has 0 radical (unpaired) electrons. The van der Waals surface area contributed by atoms with Crippen LogP contribution in [0, 0.1) is 5.82 Å². The van der Waals surface area contributed by atoms with E-state index in [1.807, 2.05) is 0 Å². The molecule has 0 spiro atoms. The maximum absolute atomic E-state index is 14.1. The minimum absolute atomic E-state index is 0.0872. The zero-order valence-corrected chi connectivity index (χ0v) is 16.0. The molecule has 0 saturated carbocycles. The van der Waals surface area contributed by atoms with E-state index in [-0.39, 0.29) is 17.2 Å². The second kappa shape index (κ2) is 7.97. The Balaban J connectivity index is 1.81. The van der Waals surface area contributed by atoms with E-state index < -0.39 is 26.7 Å². The average molecular weight is 406 g/mol. The summed E-state index contributed by atoms with van der Waals surface area (Å²) in [6.45, 7) is 1.42. The lowest BCUT2D eigenvalue weighted by atomic mass is 10.2. The van der Waals surface area contributed by atoms with E-state index in [0.29, 0.717) is 18.7 Å². The van der Waals surface area contributed by atoms with Gasteiger partial charge < -0.3 is 9.64 Å². The number of anilines is 1. The lowest BCUT2D eigenvalue weighted by Crippen LogP contribution is -2.27. The smallest absolute Gasteiger partial charge is 0.337 e. The van der Waals surface area contributed by atoms with Crippen LogP contribution < -0.4 is 4.72 Å². The summed E-state index contributed by atoms with van der Waals surface area (Å²) in [7, 11) is -3.14. The lowest BCUT2D eigenvalue weighted by molar-refractivity contribution is 0.0600. The molecule has 0 aromatic heterocycles. The van der Waals surface area contributed by atoms with E-state index in [1.165, 1.54) is 24.3 Å². The van der Waals surface area contributed by atoms with Gasteiger partial charge in [-0.25, -0.2) is 17.6 Å². The summed E-state index contributed by atoms with van der Waals surface area (Å²) < 4.78 is 45.9. The summed E-state index contributed by atoms with van der Waals surface area (Å²) in [5.74, 6) is -1.88. The Labute approximate surface area is 162 Å². The van der Waals surface area contributed by atoms with Crippen molar-refractivity contribution in [3.8, 4) is 0 Å². The molecule has 1 fully saturated rings. The summed E-state index contributed by atoms with van der Waals surface area (Å²) in [4.78, 5) is 25.0. The van der Waals surface area contributed by atoms with Crippen LogP contribution in [0.5, 0.6) is 0 Å². The number of methoxy groups -OCH3 is 1. The first-order chi connectivity index (χ1) is 13.3. The van der Waals surface area contributed by atoms with Gasteiger partial charge in [-0.15, -0.1) is 0 Å². The first kappa shape index (κ1) is 19.8. The van der Waals surface area contributed by atoms with Crippen LogP contribution in [-0.2, 0) is 14.8 Å². The molecule has 0 unspecified atom stereocenters. The number of hydrogen-bond acceptors (Lipinski definition) is 5. The van der Waals surface area contributed by atoms with Crippen molar-refractivity contribution in [2.45, 2.75) is 17.7 Å². The predicted molar refractivity (Wildman–Crippen MR) is 100 cm³/mol. The maximum atomic E-state index is 14.1. The molecular weight excluding hydrogens is 387 g/mol. The molecule has 1 aliphatic rings. The number of hydrogen-bond donors (Lipinski definition) is 1. The molecule has 0 aliphatic carbocycles. The van der Waals surface area contributed by atoms with E-state index in [4.69, 9.17) is 0 Å². The number of halogens is 1. The molecule has 1 saturated heterocycles. The van der Waals surface area contributed by atoms with Gasteiger partial charge in [0, 0.05) is 24.3 Å². The third kappa shape index (κ3) is 4.14. The Morgan fingerprint density at radius 1 is 1.04 bits per heavy atom. The molecule has 7 nitrogen and oxygen atoms in total. The Morgan fingerprint density at radius 3 is 2.25 bits per heavy atom. The van der Waals surface area contributed by atoms with Crippen molar-refractivity contribution < 1.29 is 27.1 Å². The van der Waals surface area contributed by atoms with E-state index in [1.54, 1.807) is 4.90 Å². The number of carbonyl (C=O) groups is 2. The highest BCUT2D eigenvalue weighted by Gasteiger charge is 2.23. The molecule has 0 atom stereocenters. The zero-order valence-electron chi connectivity index (χ0n) is 15.1. The Morgan fingerprint density at radius 2 is 1.64 bits per heavy atom. The van der Waals surface area contributed by atoms with Gasteiger partial charge in [0.15, 0.2) is 0 Å². The van der Waals surface area contributed by atoms with E-state index in [2.05, 4.69) is 9.46 Å². The molecule has 0 bridgehead atoms. The molecule has 2 aromatic carbocycles. The third-order valence-electron chi connectivity index (χ3n) is 4.42. The number of ether oxygens (including phenoxy) is 1. The van der Waals surface area contributed by atoms with Crippen molar-refractivity contribution in [1.29, 1.82) is 0 Å². The zero-order chi connectivity index (χ0) is 20.3. The van der Waals surface area contributed by atoms with Gasteiger partial charge in [-0.3, -0.25) is 9.52 Å². The second-order valence-corrected chi connectivity index (χ2v) is 7.97. The summed E-state index contributed by atoms with van der Waals surface area (Å²) in [6.07, 6.45) is 1.94. The van der Waals surface area contributed by atoms with Crippen LogP contribution in [0.3, 0.4) is 0 Å². The molecule has 1 N–H and O–H groups in total. The predicted octanol–water partition coefficient (Wildman–Crippen LogP) is 2.65. The molecule has 1 amide bonds. The van der Waals surface area contributed by atoms with Gasteiger partial charge in [0.1, 0.15) is 10.7 Å². The van der Waals surface area contributed by atoms with Crippen LogP contribution in [0.15, 0.2) is 47.4 Å². The van der Waals surface area contributed by atoms with E-state index in [0.717, 1.165) is 38.2 Å². The number of nitrogens with one attached hydrogen (secondary N) is 1. The van der Waals surface area contributed by atoms with Gasteiger partial charge in [-0.2, -0.15) is 0 Å². The van der Waals surface area contributed by atoms with E-state index >= 15 is 0 Å². The fourth-order valence-electron chi connectivity index (χ4n) is 2.95. The van der Waals surface area contributed by atoms with Crippen LogP contribution in [0.2, 0.25) is 0 Å². The van der Waals surface area contributed by atoms with Crippen molar-refractivity contribution in [3.63, 3.8) is 0 Å². The fourth-order valence-corrected chi connectivity index (χ4v) is 4.11. The summed E-state index contributed by atoms with van der Waals surface area (Å²) in [5, 5.41) is 0. The average Bonchev–Trinajstić information content (AvgIpc) is 3.22. The highest BCUT2D eigenvalue weighted by atomic mass is 32.2. The Kier molecular flexibility index (Phi) is 5.64. The van der Waals surface area contributed by atoms with Gasteiger partial charge in [0.05, 0.1) is 12.7 Å². The molecule has 148 valence electrons. The first-order valence-electron chi connectivity index (χ1n) is 8.62. The molecule has 9 heteroatoms. The number of carbonyl (C=O) groups excluding carboxylic acids is 2. The molecule has 28 heavy (non-hydrogen) atoms. The van der Waals surface area contributed by atoms with Gasteiger partial charge in [0.25, 0.3) is 15.9 Å². The van der Waals surface area contributed by atoms with Gasteiger partial charge in [-0.05, 0) is 55.3 Å². The second-order valence-electron chi connectivity index (χ2n) is 6.32. The normalized spacial score (nSPS) is 14.0. The number of sulfonamides is 1. The molecule has 3 rings (SSSR count). The van der Waals surface area contributed by atoms with E-state index in [9.17, 15) is 22.4 Å². The number of rotatable bonds is 5. The fraction of sp³-hybridized carbons (Fsp3) is 0.263. The highest BCUT2D eigenvalue weighted by Crippen LogP contribution is 2.22. The van der Waals surface area contributed by atoms with Crippen molar-refractivity contribution in [2.24, 2.45) is 0 Å². The minimum atomic E-state index is -4.29. The first-order valence-corrected chi connectivity index (χ1v) is 10.1. The van der Waals surface area contributed by atoms with Crippen molar-refractivity contribution >= 4 is 27.6 Å². The largest absolute Gasteiger partial charge is 0.465 e. The highest BCUT2D eigenvalue weighted by molar-refractivity contribution is 7.92. The van der Waals surface area contributed by atoms with Crippen molar-refractivity contribution in [1.82, 2.24) is 4.90 Å². The number of esters is 1. The number of amides is 1. The molecular formula is C19H19FN2O5S. The van der Waals surface area contributed by atoms with Crippen molar-refractivity contribution in [3.05, 3.63) is 59.4 Å². The van der Waals surface area contributed by atoms with Gasteiger partial charge >= 0.3 is 5.97 Å². The van der Waals surface area contributed by atoms with Crippen molar-refractivity contribution in [2.75, 3.05) is 24.9 Å². The summed E-state index contributed by atoms with van der Waals surface area (Å²) >= 11 is 0. The van der Waals surface area contributed by atoms with Crippen LogP contribution in [0.1, 0.15) is 33.6 Å². The Bertz CT molecular complexity index is 999. The maximum Gasteiger partial charge on any atom is 0.337 e. The molecule has 1 aliphatic heterocycles. The SMILES string of the molecule is COC(=O)c1ccc(F)c(S(=O)(=O)Nc2ccc(C(=O)N3CCCC3)cc2)c1. The number of likely N-dealkylation sites (tertiary alicyclic amines) is 1. The molecule has 2 aromatic rings. The topological polar surface area (TPSA) is 92.8 Å². The van der Waals surface area contributed by atoms with Crippen LogP contribution in [-0.4, -0.2) is 45.4 Å². The van der Waals surface area contributed by atoms with Crippen LogP contribution in [0.4, 0.5) is 10.1 Å². The van der Waals surface area contributed by atoms with Gasteiger partial charge in [0.2, 0.25) is 0 Å². The summed E-state index contributed by atoms with van der Waals surface area (Å²) in [6, 6.07) is 8.83. The Hall–Kier alpha value is -2.94. The quantitative estimate of drug-likeness (QED) is 0.771. The standard InChI is InChI=1S/C19H19FN2O5S/c1-27-19(24)14-6-9-16(20)17(12-14)28(25,26)21-15-7-4-13(5-8-15)18(23)22-10-2-3-11-22/h4-9,12,21H,2-3,10-11H2,1H3. The number of benzene rings is 2. The lowest BCUT2D eigenvalue weighted by Gasteiger charge is -2.15. The number of nitrogens with zero attached hydrogens (tertiary/aromatic N) is 1. The van der Waals surface area contributed by atoms with Gasteiger partial charge in [-0.1, -0.05) is 0 Å². The molecule has 1 heterocycles. The monoisotopic (exact) mass is 406 g/mol. The van der Waals surface area contributed by atoms with Crippen LogP contribution >= 0.6 is 0 Å². The minimum Gasteiger partial charge on any atom is -0.465 e. The summed E-state index contributed by atoms with van der Waals surface area (Å²) in [5.41, 5.74) is 0.528. The third-order valence-corrected chi connectivity index (χ3v) is 5.82.